The number of phenols is 1. The summed E-state index contributed by atoms with van der Waals surface area (Å²) in [6.07, 6.45) is 0.346. The van der Waals surface area contributed by atoms with Crippen LogP contribution in [-0.2, 0) is 0 Å². The summed E-state index contributed by atoms with van der Waals surface area (Å²) in [7, 11) is 1.43. The highest BCUT2D eigenvalue weighted by atomic mass is 79.9. The highest BCUT2D eigenvalue weighted by molar-refractivity contribution is 9.10. The largest absolute Gasteiger partial charge is 0.503 e. The zero-order valence-electron chi connectivity index (χ0n) is 17.4. The normalized spacial score (nSPS) is 15.6. The second-order valence-electron chi connectivity index (χ2n) is 7.66. The van der Waals surface area contributed by atoms with Gasteiger partial charge in [0.15, 0.2) is 16.9 Å². The van der Waals surface area contributed by atoms with E-state index >= 15 is 0 Å². The van der Waals surface area contributed by atoms with Crippen LogP contribution in [-0.4, -0.2) is 41.3 Å². The van der Waals surface area contributed by atoms with Crippen LogP contribution in [0.2, 0.25) is 0 Å². The molecule has 4 rings (SSSR count). The van der Waals surface area contributed by atoms with Crippen molar-refractivity contribution < 1.29 is 24.2 Å². The number of aromatic hydroxyl groups is 1. The van der Waals surface area contributed by atoms with Crippen molar-refractivity contribution in [3.8, 4) is 11.5 Å². The predicted molar refractivity (Wildman–Crippen MR) is 119 cm³/mol. The average Bonchev–Trinajstić information content (AvgIpc) is 3.01. The van der Waals surface area contributed by atoms with Crippen LogP contribution in [0, 0.1) is 13.8 Å². The first-order valence-corrected chi connectivity index (χ1v) is 10.6. The van der Waals surface area contributed by atoms with E-state index in [0.717, 1.165) is 11.1 Å². The summed E-state index contributed by atoms with van der Waals surface area (Å²) in [4.78, 5) is 28.4. The number of aryl methyl sites for hydroxylation is 2. The Morgan fingerprint density at radius 3 is 2.61 bits per heavy atom. The van der Waals surface area contributed by atoms with E-state index in [4.69, 9.17) is 9.15 Å². The molecular formula is C23H22BrNO6. The van der Waals surface area contributed by atoms with E-state index in [1.54, 1.807) is 18.2 Å². The fourth-order valence-electron chi connectivity index (χ4n) is 4.20. The first-order valence-electron chi connectivity index (χ1n) is 9.84. The number of amides is 1. The lowest BCUT2D eigenvalue weighted by Gasteiger charge is -2.25. The summed E-state index contributed by atoms with van der Waals surface area (Å²) in [5.74, 6) is -0.259. The quantitative estimate of drug-likeness (QED) is 0.567. The van der Waals surface area contributed by atoms with Gasteiger partial charge >= 0.3 is 0 Å². The Morgan fingerprint density at radius 2 is 1.94 bits per heavy atom. The molecule has 31 heavy (non-hydrogen) atoms. The zero-order valence-corrected chi connectivity index (χ0v) is 18.9. The van der Waals surface area contributed by atoms with Crippen LogP contribution >= 0.6 is 15.9 Å². The summed E-state index contributed by atoms with van der Waals surface area (Å²) < 4.78 is 11.7. The molecule has 1 aliphatic heterocycles. The topological polar surface area (TPSA) is 100 Å². The van der Waals surface area contributed by atoms with Crippen molar-refractivity contribution in [1.29, 1.82) is 0 Å². The Kier molecular flexibility index (Phi) is 5.53. The maximum atomic E-state index is 13.6. The van der Waals surface area contributed by atoms with Gasteiger partial charge in [0, 0.05) is 13.2 Å². The van der Waals surface area contributed by atoms with Crippen molar-refractivity contribution >= 4 is 32.8 Å². The van der Waals surface area contributed by atoms with Gasteiger partial charge in [0.2, 0.25) is 5.76 Å². The fraction of sp³-hybridized carbons (Fsp3) is 0.304. The third-order valence-corrected chi connectivity index (χ3v) is 6.15. The molecule has 1 aromatic heterocycles. The Bertz CT molecular complexity index is 1270. The second kappa shape index (κ2) is 8.01. The summed E-state index contributed by atoms with van der Waals surface area (Å²) in [5.41, 5.74) is 2.67. The lowest BCUT2D eigenvalue weighted by Crippen LogP contribution is -2.31. The van der Waals surface area contributed by atoms with Crippen molar-refractivity contribution in [1.82, 2.24) is 4.90 Å². The average molecular weight is 488 g/mol. The number of halogens is 1. The maximum absolute atomic E-state index is 13.6. The molecule has 8 heteroatoms. The van der Waals surface area contributed by atoms with Crippen LogP contribution < -0.4 is 10.2 Å². The van der Waals surface area contributed by atoms with E-state index < -0.39 is 11.9 Å². The number of aliphatic hydroxyl groups excluding tert-OH is 1. The molecule has 0 saturated carbocycles. The number of rotatable bonds is 5. The van der Waals surface area contributed by atoms with Gasteiger partial charge in [-0.05, 0) is 71.1 Å². The molecule has 0 aliphatic carbocycles. The third kappa shape index (κ3) is 3.40. The Balaban J connectivity index is 2.03. The number of fused-ring (bicyclic) bond motifs is 2. The smallest absolute Gasteiger partial charge is 0.290 e. The van der Waals surface area contributed by atoms with Gasteiger partial charge < -0.3 is 24.3 Å². The lowest BCUT2D eigenvalue weighted by atomic mass is 9.97. The minimum absolute atomic E-state index is 0.00978. The highest BCUT2D eigenvalue weighted by Crippen LogP contribution is 2.43. The van der Waals surface area contributed by atoms with Crippen molar-refractivity contribution in [3.05, 3.63) is 67.0 Å². The van der Waals surface area contributed by atoms with Gasteiger partial charge in [-0.2, -0.15) is 0 Å². The number of ether oxygens (including phenoxy) is 1. The van der Waals surface area contributed by atoms with Gasteiger partial charge in [0.05, 0.1) is 28.6 Å². The van der Waals surface area contributed by atoms with E-state index in [-0.39, 0.29) is 41.4 Å². The van der Waals surface area contributed by atoms with E-state index in [0.29, 0.717) is 27.4 Å². The van der Waals surface area contributed by atoms with Crippen LogP contribution in [0.5, 0.6) is 11.5 Å². The predicted octanol–water partition coefficient (Wildman–Crippen LogP) is 3.81. The summed E-state index contributed by atoms with van der Waals surface area (Å²) in [6, 6.07) is 6.19. The van der Waals surface area contributed by atoms with Crippen molar-refractivity contribution in [2.45, 2.75) is 26.3 Å². The number of hydrogen-bond donors (Lipinski definition) is 2. The molecule has 162 valence electrons. The summed E-state index contributed by atoms with van der Waals surface area (Å²) in [6.45, 7) is 3.88. The van der Waals surface area contributed by atoms with Crippen LogP contribution in [0.4, 0.5) is 0 Å². The molecule has 0 radical (unpaired) electrons. The lowest BCUT2D eigenvalue weighted by molar-refractivity contribution is 0.0716. The second-order valence-corrected chi connectivity index (χ2v) is 8.52. The van der Waals surface area contributed by atoms with E-state index in [9.17, 15) is 19.8 Å². The number of aliphatic hydroxyl groups is 1. The van der Waals surface area contributed by atoms with Crippen molar-refractivity contribution in [2.75, 3.05) is 20.3 Å². The third-order valence-electron chi connectivity index (χ3n) is 5.54. The number of hydrogen-bond acceptors (Lipinski definition) is 6. The van der Waals surface area contributed by atoms with Crippen LogP contribution in [0.25, 0.3) is 11.0 Å². The number of carbonyl (C=O) groups excluding carboxylic acids is 1. The van der Waals surface area contributed by atoms with Crippen molar-refractivity contribution in [2.24, 2.45) is 0 Å². The molecule has 2 heterocycles. The summed E-state index contributed by atoms with van der Waals surface area (Å²) in [5, 5.41) is 20.0. The molecular weight excluding hydrogens is 466 g/mol. The SMILES string of the molecule is COc1cc([C@@H]2c3c(oc4c(C)cc(C)cc4c3=O)C(=O)N2CCCO)cc(Br)c1O. The number of benzene rings is 2. The molecule has 7 nitrogen and oxygen atoms in total. The van der Waals surface area contributed by atoms with Gasteiger partial charge in [-0.1, -0.05) is 6.07 Å². The highest BCUT2D eigenvalue weighted by Gasteiger charge is 2.43. The van der Waals surface area contributed by atoms with Gasteiger partial charge in [-0.3, -0.25) is 9.59 Å². The zero-order chi connectivity index (χ0) is 22.4. The first kappa shape index (κ1) is 21.4. The Labute approximate surface area is 187 Å². The monoisotopic (exact) mass is 487 g/mol. The minimum atomic E-state index is -0.735. The Hall–Kier alpha value is -2.84. The molecule has 0 fully saturated rings. The van der Waals surface area contributed by atoms with Crippen LogP contribution in [0.3, 0.4) is 0 Å². The van der Waals surface area contributed by atoms with E-state index in [1.807, 2.05) is 19.9 Å². The van der Waals surface area contributed by atoms with E-state index in [1.165, 1.54) is 12.0 Å². The fourth-order valence-corrected chi connectivity index (χ4v) is 4.66. The molecule has 1 atom stereocenters. The number of phenolic OH excluding ortho intramolecular Hbond substituents is 1. The molecule has 0 saturated heterocycles. The number of methoxy groups -OCH3 is 1. The maximum Gasteiger partial charge on any atom is 0.290 e. The number of carbonyl (C=O) groups is 1. The molecule has 1 aliphatic rings. The van der Waals surface area contributed by atoms with Gasteiger partial charge in [-0.25, -0.2) is 0 Å². The van der Waals surface area contributed by atoms with Gasteiger partial charge in [0.1, 0.15) is 5.58 Å². The van der Waals surface area contributed by atoms with Crippen LogP contribution in [0.15, 0.2) is 37.9 Å². The molecule has 0 spiro atoms. The van der Waals surface area contributed by atoms with Gasteiger partial charge in [0.25, 0.3) is 5.91 Å². The molecule has 2 aromatic carbocycles. The molecule has 3 aromatic rings. The standard InChI is InChI=1S/C23H22BrNO6/c1-11-7-12(2)21-14(8-11)19(27)17-18(13-9-15(24)20(28)16(10-13)30-3)25(5-4-6-26)23(29)22(17)31-21/h7-10,18,26,28H,4-6H2,1-3H3/t18-/m1/s1. The molecule has 2 N–H and O–H groups in total. The Morgan fingerprint density at radius 1 is 1.19 bits per heavy atom. The number of nitrogens with zero attached hydrogens (tertiary/aromatic N) is 1. The minimum Gasteiger partial charge on any atom is -0.503 e. The van der Waals surface area contributed by atoms with Crippen molar-refractivity contribution in [3.63, 3.8) is 0 Å². The van der Waals surface area contributed by atoms with Gasteiger partial charge in [-0.15, -0.1) is 0 Å². The molecule has 1 amide bonds. The summed E-state index contributed by atoms with van der Waals surface area (Å²) >= 11 is 3.31. The molecule has 0 bridgehead atoms. The van der Waals surface area contributed by atoms with Crippen LogP contribution in [0.1, 0.15) is 45.3 Å². The molecule has 0 unspecified atom stereocenters. The van der Waals surface area contributed by atoms with E-state index in [2.05, 4.69) is 15.9 Å². The first-order chi connectivity index (χ1) is 14.8.